The van der Waals surface area contributed by atoms with E-state index in [1.807, 2.05) is 0 Å². The fourth-order valence-electron chi connectivity index (χ4n) is 2.03. The highest BCUT2D eigenvalue weighted by atomic mass is 32.2. The number of nitrogens with zero attached hydrogens (tertiary/aromatic N) is 2. The number of carbonyl (C=O) groups excluding carboxylic acids is 1. The van der Waals surface area contributed by atoms with E-state index in [0.29, 0.717) is 5.03 Å². The van der Waals surface area contributed by atoms with Gasteiger partial charge in [0.05, 0.1) is 5.56 Å². The van der Waals surface area contributed by atoms with Gasteiger partial charge in [0.25, 0.3) is 0 Å². The minimum Gasteiger partial charge on any atom is -0.394 e. The van der Waals surface area contributed by atoms with E-state index in [2.05, 4.69) is 20.6 Å². The van der Waals surface area contributed by atoms with Crippen molar-refractivity contribution in [2.24, 2.45) is 0 Å². The molecule has 0 saturated carbocycles. The molecule has 0 spiro atoms. The molecule has 26 heavy (non-hydrogen) atoms. The minimum atomic E-state index is -4.49. The van der Waals surface area contributed by atoms with Crippen LogP contribution in [0.15, 0.2) is 29.3 Å². The highest BCUT2D eigenvalue weighted by Gasteiger charge is 2.30. The predicted molar refractivity (Wildman–Crippen MR) is 95.8 cm³/mol. The number of hydrogen-bond acceptors (Lipinski definition) is 7. The molecule has 2 aromatic rings. The Labute approximate surface area is 151 Å². The third-order valence-corrected chi connectivity index (χ3v) is 4.02. The average molecular weight is 386 g/mol. The summed E-state index contributed by atoms with van der Waals surface area (Å²) in [5.41, 5.74) is 10.9. The molecule has 1 aromatic heterocycles. The second kappa shape index (κ2) is 7.68. The van der Waals surface area contributed by atoms with Gasteiger partial charge >= 0.3 is 6.18 Å². The van der Waals surface area contributed by atoms with Crippen molar-refractivity contribution in [1.82, 2.24) is 9.97 Å². The maximum absolute atomic E-state index is 12.7. The summed E-state index contributed by atoms with van der Waals surface area (Å²) in [6.07, 6.45) is -2.74. The molecule has 0 unspecified atom stereocenters. The summed E-state index contributed by atoms with van der Waals surface area (Å²) in [7, 11) is 0. The van der Waals surface area contributed by atoms with Crippen molar-refractivity contribution >= 4 is 40.8 Å². The van der Waals surface area contributed by atoms with Gasteiger partial charge in [-0.15, -0.1) is 11.8 Å². The zero-order chi connectivity index (χ0) is 19.5. The second-order valence-electron chi connectivity index (χ2n) is 5.29. The van der Waals surface area contributed by atoms with E-state index in [9.17, 15) is 18.0 Å². The number of alkyl halides is 3. The number of halogens is 3. The molecule has 0 aliphatic heterocycles. The van der Waals surface area contributed by atoms with Gasteiger partial charge in [0.1, 0.15) is 16.8 Å². The first-order chi connectivity index (χ1) is 12.1. The maximum Gasteiger partial charge on any atom is 0.416 e. The van der Waals surface area contributed by atoms with E-state index in [1.165, 1.54) is 30.8 Å². The quantitative estimate of drug-likeness (QED) is 0.461. The monoisotopic (exact) mass is 386 g/mol. The molecular weight excluding hydrogens is 369 g/mol. The molecule has 1 amide bonds. The second-order valence-corrected chi connectivity index (χ2v) is 6.08. The van der Waals surface area contributed by atoms with Crippen LogP contribution in [0.4, 0.5) is 36.3 Å². The van der Waals surface area contributed by atoms with Crippen LogP contribution in [0.25, 0.3) is 0 Å². The summed E-state index contributed by atoms with van der Waals surface area (Å²) in [5, 5.41) is 5.65. The van der Waals surface area contributed by atoms with Crippen molar-refractivity contribution < 1.29 is 18.0 Å². The number of carbonyl (C=O) groups is 1. The van der Waals surface area contributed by atoms with E-state index in [4.69, 9.17) is 11.5 Å². The number of nitrogens with two attached hydrogens (primary N) is 2. The summed E-state index contributed by atoms with van der Waals surface area (Å²) < 4.78 is 38.2. The number of aromatic nitrogens is 2. The highest BCUT2D eigenvalue weighted by Crippen LogP contribution is 2.31. The first-order valence-corrected chi connectivity index (χ1v) is 8.56. The van der Waals surface area contributed by atoms with Gasteiger partial charge in [0.2, 0.25) is 11.9 Å². The summed E-state index contributed by atoms with van der Waals surface area (Å²) in [5.74, 6) is -0.406. The molecule has 0 radical (unpaired) electrons. The van der Waals surface area contributed by atoms with Crippen LogP contribution in [0.3, 0.4) is 0 Å². The van der Waals surface area contributed by atoms with E-state index < -0.39 is 23.7 Å². The number of hydrogen-bond donors (Lipinski definition) is 4. The molecule has 140 valence electrons. The first-order valence-electron chi connectivity index (χ1n) is 7.33. The number of amides is 1. The Balaban J connectivity index is 2.13. The van der Waals surface area contributed by atoms with Gasteiger partial charge in [0.15, 0.2) is 5.82 Å². The lowest BCUT2D eigenvalue weighted by Gasteiger charge is -2.17. The fraction of sp³-hybridized carbons (Fsp3) is 0.267. The molecule has 11 heteroatoms. The highest BCUT2D eigenvalue weighted by molar-refractivity contribution is 7.98. The Hall–Kier alpha value is -2.69. The molecule has 7 nitrogen and oxygen atoms in total. The third-order valence-electron chi connectivity index (χ3n) is 3.33. The van der Waals surface area contributed by atoms with Crippen LogP contribution in [0.2, 0.25) is 0 Å². The number of anilines is 4. The Morgan fingerprint density at radius 1 is 1.27 bits per heavy atom. The van der Waals surface area contributed by atoms with E-state index in [1.54, 1.807) is 6.26 Å². The lowest BCUT2D eigenvalue weighted by molar-refractivity contribution is -0.137. The largest absolute Gasteiger partial charge is 0.416 e. The number of nitrogens with one attached hydrogen (secondary N) is 2. The summed E-state index contributed by atoms with van der Waals surface area (Å²) in [4.78, 5) is 20.2. The van der Waals surface area contributed by atoms with Crippen LogP contribution in [-0.4, -0.2) is 28.2 Å². The van der Waals surface area contributed by atoms with E-state index in [0.717, 1.165) is 12.1 Å². The average Bonchev–Trinajstić information content (AvgIpc) is 2.57. The smallest absolute Gasteiger partial charge is 0.394 e. The Bertz CT molecular complexity index is 814. The predicted octanol–water partition coefficient (Wildman–Crippen LogP) is 2.82. The molecule has 0 fully saturated rings. The van der Waals surface area contributed by atoms with Crippen LogP contribution >= 0.6 is 11.8 Å². The van der Waals surface area contributed by atoms with Gasteiger partial charge < -0.3 is 22.1 Å². The first kappa shape index (κ1) is 19.6. The molecule has 6 N–H and O–H groups in total. The SMILES string of the molecule is CSc1nc(N)nc(N[C@H](C)C(=O)Nc2cccc(C(F)(F)F)c2)c1N. The molecule has 0 saturated heterocycles. The van der Waals surface area contributed by atoms with Crippen LogP contribution < -0.4 is 22.1 Å². The standard InChI is InChI=1S/C15H17F3N6OS/c1-7(21-11-10(19)13(26-2)24-14(20)23-11)12(25)22-9-5-3-4-8(6-9)15(16,17)18/h3-7H,19H2,1-2H3,(H,22,25)(H3,20,21,23,24)/t7-/m1/s1. The molecule has 0 aliphatic rings. The van der Waals surface area contributed by atoms with Gasteiger partial charge in [-0.3, -0.25) is 4.79 Å². The molecular formula is C15H17F3N6OS. The summed E-state index contributed by atoms with van der Waals surface area (Å²) in [6, 6.07) is 3.52. The Morgan fingerprint density at radius 3 is 2.58 bits per heavy atom. The number of rotatable bonds is 5. The van der Waals surface area contributed by atoms with Crippen LogP contribution in [-0.2, 0) is 11.0 Å². The van der Waals surface area contributed by atoms with Gasteiger partial charge in [-0.1, -0.05) is 6.07 Å². The molecule has 1 atom stereocenters. The van der Waals surface area contributed by atoms with Crippen LogP contribution in [0.5, 0.6) is 0 Å². The Morgan fingerprint density at radius 2 is 1.96 bits per heavy atom. The molecule has 1 aromatic carbocycles. The third kappa shape index (κ3) is 4.69. The number of nitrogen functional groups attached to an aromatic ring is 2. The lowest BCUT2D eigenvalue weighted by Crippen LogP contribution is -2.32. The van der Waals surface area contributed by atoms with Crippen LogP contribution in [0.1, 0.15) is 12.5 Å². The van der Waals surface area contributed by atoms with Gasteiger partial charge in [-0.25, -0.2) is 4.98 Å². The number of benzene rings is 1. The Kier molecular flexibility index (Phi) is 5.80. The van der Waals surface area contributed by atoms with Crippen LogP contribution in [0, 0.1) is 0 Å². The van der Waals surface area contributed by atoms with Gasteiger partial charge in [0, 0.05) is 5.69 Å². The summed E-state index contributed by atoms with van der Waals surface area (Å²) in [6.45, 7) is 1.51. The molecule has 1 heterocycles. The van der Waals surface area contributed by atoms with Gasteiger partial charge in [-0.2, -0.15) is 18.2 Å². The molecule has 0 bridgehead atoms. The number of thioether (sulfide) groups is 1. The zero-order valence-corrected chi connectivity index (χ0v) is 14.7. The topological polar surface area (TPSA) is 119 Å². The molecule has 0 aliphatic carbocycles. The van der Waals surface area contributed by atoms with Crippen molar-refractivity contribution in [1.29, 1.82) is 0 Å². The summed E-state index contributed by atoms with van der Waals surface area (Å²) >= 11 is 1.26. The minimum absolute atomic E-state index is 0.0171. The van der Waals surface area contributed by atoms with E-state index >= 15 is 0 Å². The maximum atomic E-state index is 12.7. The fourth-order valence-corrected chi connectivity index (χ4v) is 2.53. The van der Waals surface area contributed by atoms with Crippen molar-refractivity contribution in [3.05, 3.63) is 29.8 Å². The lowest BCUT2D eigenvalue weighted by atomic mass is 10.2. The van der Waals surface area contributed by atoms with Crippen molar-refractivity contribution in [2.45, 2.75) is 24.2 Å². The normalized spacial score (nSPS) is 12.5. The van der Waals surface area contributed by atoms with Crippen molar-refractivity contribution in [3.8, 4) is 0 Å². The van der Waals surface area contributed by atoms with Crippen molar-refractivity contribution in [3.63, 3.8) is 0 Å². The van der Waals surface area contributed by atoms with Gasteiger partial charge in [-0.05, 0) is 31.4 Å². The zero-order valence-electron chi connectivity index (χ0n) is 13.9. The van der Waals surface area contributed by atoms with Crippen molar-refractivity contribution in [2.75, 3.05) is 28.4 Å². The molecule has 2 rings (SSSR count). The van der Waals surface area contributed by atoms with E-state index in [-0.39, 0.29) is 23.1 Å².